The number of aryl methyl sites for hydroxylation is 2. The zero-order valence-electron chi connectivity index (χ0n) is 16.1. The number of hydrogen-bond acceptors (Lipinski definition) is 6. The van der Waals surface area contributed by atoms with E-state index >= 15 is 0 Å². The zero-order chi connectivity index (χ0) is 21.0. The van der Waals surface area contributed by atoms with Crippen molar-refractivity contribution in [2.24, 2.45) is 0 Å². The van der Waals surface area contributed by atoms with Crippen molar-refractivity contribution in [3.8, 4) is 16.3 Å². The molecule has 0 aliphatic rings. The largest absolute Gasteiger partial charge is 0.497 e. The summed E-state index contributed by atoms with van der Waals surface area (Å²) in [5.41, 5.74) is 3.34. The number of benzene rings is 2. The van der Waals surface area contributed by atoms with Crippen molar-refractivity contribution in [3.63, 3.8) is 0 Å². The van der Waals surface area contributed by atoms with E-state index in [0.29, 0.717) is 15.7 Å². The maximum absolute atomic E-state index is 12.2. The van der Waals surface area contributed by atoms with Gasteiger partial charge in [0, 0.05) is 10.9 Å². The molecule has 0 saturated carbocycles. The van der Waals surface area contributed by atoms with Crippen LogP contribution in [0.2, 0.25) is 5.02 Å². The number of aromatic nitrogens is 1. The van der Waals surface area contributed by atoms with E-state index in [1.165, 1.54) is 11.3 Å². The first kappa shape index (κ1) is 20.8. The zero-order valence-corrected chi connectivity index (χ0v) is 17.7. The first-order chi connectivity index (χ1) is 13.9. The van der Waals surface area contributed by atoms with Gasteiger partial charge in [0.2, 0.25) is 0 Å². The number of halogens is 1. The lowest BCUT2D eigenvalue weighted by atomic mass is 10.1. The highest BCUT2D eigenvalue weighted by molar-refractivity contribution is 7.13. The van der Waals surface area contributed by atoms with Crippen molar-refractivity contribution in [2.45, 2.75) is 13.8 Å². The number of thiazole rings is 1. The van der Waals surface area contributed by atoms with Crippen LogP contribution in [-0.4, -0.2) is 30.6 Å². The number of amides is 1. The Morgan fingerprint density at radius 1 is 1.17 bits per heavy atom. The highest BCUT2D eigenvalue weighted by Gasteiger charge is 2.16. The van der Waals surface area contributed by atoms with Crippen LogP contribution in [0, 0.1) is 13.8 Å². The van der Waals surface area contributed by atoms with Gasteiger partial charge < -0.3 is 14.8 Å². The van der Waals surface area contributed by atoms with Gasteiger partial charge in [-0.1, -0.05) is 17.7 Å². The van der Waals surface area contributed by atoms with Gasteiger partial charge in [-0.05, 0) is 55.3 Å². The predicted octanol–water partition coefficient (Wildman–Crippen LogP) is 4.88. The number of carbonyl (C=O) groups excluding carboxylic acids is 2. The average molecular weight is 431 g/mol. The summed E-state index contributed by atoms with van der Waals surface area (Å²) in [6.45, 7) is 3.33. The summed E-state index contributed by atoms with van der Waals surface area (Å²) in [5, 5.41) is 5.38. The SMILES string of the molecule is COc1ccc(-c2nc(C(=O)OCC(=O)Nc3c(C)cc(C)cc3Cl)cs2)cc1. The van der Waals surface area contributed by atoms with Gasteiger partial charge in [0.15, 0.2) is 12.3 Å². The molecule has 0 aliphatic carbocycles. The quantitative estimate of drug-likeness (QED) is 0.563. The van der Waals surface area contributed by atoms with E-state index in [4.69, 9.17) is 21.1 Å². The first-order valence-electron chi connectivity index (χ1n) is 8.71. The van der Waals surface area contributed by atoms with Crippen molar-refractivity contribution in [1.29, 1.82) is 0 Å². The fraction of sp³-hybridized carbons (Fsp3) is 0.190. The third kappa shape index (κ3) is 5.13. The molecule has 1 amide bonds. The smallest absolute Gasteiger partial charge is 0.358 e. The fourth-order valence-corrected chi connectivity index (χ4v) is 3.85. The van der Waals surface area contributed by atoms with Gasteiger partial charge in [-0.2, -0.15) is 0 Å². The minimum Gasteiger partial charge on any atom is -0.497 e. The average Bonchev–Trinajstić information content (AvgIpc) is 3.19. The second-order valence-corrected chi connectivity index (χ2v) is 7.59. The molecule has 1 heterocycles. The normalized spacial score (nSPS) is 10.5. The summed E-state index contributed by atoms with van der Waals surface area (Å²) < 4.78 is 10.2. The predicted molar refractivity (Wildman–Crippen MR) is 114 cm³/mol. The van der Waals surface area contributed by atoms with Crippen LogP contribution in [-0.2, 0) is 9.53 Å². The number of nitrogens with one attached hydrogen (secondary N) is 1. The molecule has 3 rings (SSSR count). The number of ether oxygens (including phenoxy) is 2. The summed E-state index contributed by atoms with van der Waals surface area (Å²) >= 11 is 7.49. The molecule has 1 aromatic heterocycles. The molecule has 0 unspecified atom stereocenters. The van der Waals surface area contributed by atoms with Crippen LogP contribution in [0.4, 0.5) is 5.69 Å². The van der Waals surface area contributed by atoms with Crippen LogP contribution in [0.3, 0.4) is 0 Å². The number of rotatable bonds is 6. The van der Waals surface area contributed by atoms with Crippen molar-refractivity contribution < 1.29 is 19.1 Å². The van der Waals surface area contributed by atoms with Gasteiger partial charge in [-0.15, -0.1) is 11.3 Å². The highest BCUT2D eigenvalue weighted by Crippen LogP contribution is 2.28. The van der Waals surface area contributed by atoms with E-state index in [2.05, 4.69) is 10.3 Å². The van der Waals surface area contributed by atoms with E-state index in [9.17, 15) is 9.59 Å². The van der Waals surface area contributed by atoms with Crippen LogP contribution >= 0.6 is 22.9 Å². The standard InChI is InChI=1S/C21H19ClN2O4S/c1-12-8-13(2)19(16(22)9-12)24-18(25)10-28-21(26)17-11-29-20(23-17)14-4-6-15(27-3)7-5-14/h4-9,11H,10H2,1-3H3,(H,24,25). The third-order valence-electron chi connectivity index (χ3n) is 4.08. The molecule has 150 valence electrons. The van der Waals surface area contributed by atoms with Crippen molar-refractivity contribution in [3.05, 3.63) is 63.6 Å². The minimum atomic E-state index is -0.664. The second-order valence-electron chi connectivity index (χ2n) is 6.33. The fourth-order valence-electron chi connectivity index (χ4n) is 2.69. The Hall–Kier alpha value is -2.90. The van der Waals surface area contributed by atoms with Gasteiger partial charge in [0.25, 0.3) is 5.91 Å². The molecule has 0 fully saturated rings. The Labute approximate surface area is 177 Å². The van der Waals surface area contributed by atoms with Crippen LogP contribution in [0.25, 0.3) is 10.6 Å². The van der Waals surface area contributed by atoms with E-state index in [0.717, 1.165) is 22.4 Å². The summed E-state index contributed by atoms with van der Waals surface area (Å²) in [5.74, 6) is -0.402. The van der Waals surface area contributed by atoms with E-state index in [-0.39, 0.29) is 5.69 Å². The molecule has 0 bridgehead atoms. The number of carbonyl (C=O) groups is 2. The van der Waals surface area contributed by atoms with Gasteiger partial charge >= 0.3 is 5.97 Å². The molecule has 0 saturated heterocycles. The number of methoxy groups -OCH3 is 1. The Morgan fingerprint density at radius 2 is 1.90 bits per heavy atom. The number of nitrogens with zero attached hydrogens (tertiary/aromatic N) is 1. The van der Waals surface area contributed by atoms with E-state index < -0.39 is 18.5 Å². The number of anilines is 1. The molecule has 1 N–H and O–H groups in total. The minimum absolute atomic E-state index is 0.151. The Morgan fingerprint density at radius 3 is 2.55 bits per heavy atom. The van der Waals surface area contributed by atoms with E-state index in [1.54, 1.807) is 18.6 Å². The lowest BCUT2D eigenvalue weighted by Crippen LogP contribution is -2.21. The summed E-state index contributed by atoms with van der Waals surface area (Å²) in [4.78, 5) is 28.7. The van der Waals surface area contributed by atoms with Crippen LogP contribution < -0.4 is 10.1 Å². The van der Waals surface area contributed by atoms with Gasteiger partial charge in [-0.25, -0.2) is 9.78 Å². The molecule has 29 heavy (non-hydrogen) atoms. The van der Waals surface area contributed by atoms with Gasteiger partial charge in [-0.3, -0.25) is 4.79 Å². The molecule has 0 atom stereocenters. The molecule has 2 aromatic carbocycles. The van der Waals surface area contributed by atoms with Gasteiger partial charge in [0.05, 0.1) is 17.8 Å². The molecular weight excluding hydrogens is 412 g/mol. The summed E-state index contributed by atoms with van der Waals surface area (Å²) in [7, 11) is 1.59. The number of esters is 1. The lowest BCUT2D eigenvalue weighted by Gasteiger charge is -2.11. The molecule has 6 nitrogen and oxygen atoms in total. The highest BCUT2D eigenvalue weighted by atomic mass is 35.5. The summed E-state index contributed by atoms with van der Waals surface area (Å²) in [6, 6.07) is 11.0. The van der Waals surface area contributed by atoms with Crippen molar-refractivity contribution in [1.82, 2.24) is 4.98 Å². The van der Waals surface area contributed by atoms with Crippen LogP contribution in [0.5, 0.6) is 5.75 Å². The van der Waals surface area contributed by atoms with E-state index in [1.807, 2.05) is 44.2 Å². The van der Waals surface area contributed by atoms with Crippen LogP contribution in [0.1, 0.15) is 21.6 Å². The molecular formula is C21H19ClN2O4S. The van der Waals surface area contributed by atoms with Crippen LogP contribution in [0.15, 0.2) is 41.8 Å². The number of hydrogen-bond donors (Lipinski definition) is 1. The Kier molecular flexibility index (Phi) is 6.51. The van der Waals surface area contributed by atoms with Crippen molar-refractivity contribution in [2.75, 3.05) is 19.0 Å². The Balaban J connectivity index is 1.59. The molecule has 0 spiro atoms. The topological polar surface area (TPSA) is 77.5 Å². The molecule has 3 aromatic rings. The molecule has 0 radical (unpaired) electrons. The maximum Gasteiger partial charge on any atom is 0.358 e. The second kappa shape index (κ2) is 9.07. The monoisotopic (exact) mass is 430 g/mol. The lowest BCUT2D eigenvalue weighted by molar-refractivity contribution is -0.119. The first-order valence-corrected chi connectivity index (χ1v) is 9.97. The maximum atomic E-state index is 12.2. The molecule has 8 heteroatoms. The Bertz CT molecular complexity index is 1020. The molecule has 0 aliphatic heterocycles. The van der Waals surface area contributed by atoms with Gasteiger partial charge in [0.1, 0.15) is 10.8 Å². The summed E-state index contributed by atoms with van der Waals surface area (Å²) in [6.07, 6.45) is 0. The van der Waals surface area contributed by atoms with Crippen molar-refractivity contribution >= 4 is 40.5 Å². The third-order valence-corrected chi connectivity index (χ3v) is 5.27.